The number of aromatic nitrogens is 2. The summed E-state index contributed by atoms with van der Waals surface area (Å²) in [5.41, 5.74) is 10.1. The SMILES string of the molecule is C=CCC1c2ccccc2N2c3nc(-c4ccccc4C)c(-c4ccccc4C)nc3N(c3ccccc3)C2C1C. The van der Waals surface area contributed by atoms with Crippen molar-refractivity contribution < 1.29 is 0 Å². The van der Waals surface area contributed by atoms with Gasteiger partial charge in [0, 0.05) is 28.4 Å². The molecule has 0 saturated heterocycles. The highest BCUT2D eigenvalue weighted by Gasteiger charge is 2.49. The summed E-state index contributed by atoms with van der Waals surface area (Å²) in [7, 11) is 0. The first-order chi connectivity index (χ1) is 20.1. The van der Waals surface area contributed by atoms with Gasteiger partial charge in [-0.05, 0) is 61.1 Å². The Morgan fingerprint density at radius 3 is 1.83 bits per heavy atom. The van der Waals surface area contributed by atoms with E-state index in [2.05, 4.69) is 146 Å². The fourth-order valence-electron chi connectivity index (χ4n) is 6.78. The summed E-state index contributed by atoms with van der Waals surface area (Å²) in [5.74, 6) is 2.45. The Hall–Kier alpha value is -4.70. The van der Waals surface area contributed by atoms with Gasteiger partial charge in [0.2, 0.25) is 0 Å². The van der Waals surface area contributed by atoms with E-state index in [-0.39, 0.29) is 6.17 Å². The normalized spacial score (nSPS) is 19.0. The minimum atomic E-state index is 0.0316. The van der Waals surface area contributed by atoms with Gasteiger partial charge < -0.3 is 9.80 Å². The highest BCUT2D eigenvalue weighted by Crippen LogP contribution is 2.56. The van der Waals surface area contributed by atoms with E-state index in [4.69, 9.17) is 9.97 Å². The number of rotatable bonds is 5. The molecular formula is C37H34N4. The molecule has 41 heavy (non-hydrogen) atoms. The Labute approximate surface area is 242 Å². The summed E-state index contributed by atoms with van der Waals surface area (Å²) >= 11 is 0. The van der Waals surface area contributed by atoms with Crippen molar-refractivity contribution in [2.24, 2.45) is 5.92 Å². The number of allylic oxidation sites excluding steroid dienone is 1. The summed E-state index contributed by atoms with van der Waals surface area (Å²) in [5, 5.41) is 0. The van der Waals surface area contributed by atoms with Gasteiger partial charge >= 0.3 is 0 Å². The third-order valence-corrected chi connectivity index (χ3v) is 8.80. The number of hydrogen-bond acceptors (Lipinski definition) is 4. The molecule has 0 fully saturated rings. The molecule has 0 amide bonds. The van der Waals surface area contributed by atoms with Crippen LogP contribution in [0.4, 0.5) is 23.0 Å². The number of fused-ring (bicyclic) bond motifs is 5. The lowest BCUT2D eigenvalue weighted by atomic mass is 9.78. The maximum atomic E-state index is 5.57. The minimum absolute atomic E-state index is 0.0316. The second-order valence-electron chi connectivity index (χ2n) is 11.2. The summed E-state index contributed by atoms with van der Waals surface area (Å²) in [6.45, 7) is 10.8. The monoisotopic (exact) mass is 534 g/mol. The van der Waals surface area contributed by atoms with Crippen molar-refractivity contribution in [3.8, 4) is 22.5 Å². The van der Waals surface area contributed by atoms with Gasteiger partial charge in [-0.2, -0.15) is 0 Å². The van der Waals surface area contributed by atoms with Gasteiger partial charge in [-0.1, -0.05) is 97.9 Å². The Morgan fingerprint density at radius 1 is 0.683 bits per heavy atom. The molecular weight excluding hydrogens is 500 g/mol. The van der Waals surface area contributed by atoms with Crippen molar-refractivity contribution in [2.45, 2.75) is 39.3 Å². The Morgan fingerprint density at radius 2 is 1.22 bits per heavy atom. The third-order valence-electron chi connectivity index (χ3n) is 8.80. The minimum Gasteiger partial charge on any atom is -0.302 e. The lowest BCUT2D eigenvalue weighted by Gasteiger charge is -2.45. The summed E-state index contributed by atoms with van der Waals surface area (Å²) < 4.78 is 0. The van der Waals surface area contributed by atoms with Crippen LogP contribution < -0.4 is 9.80 Å². The third kappa shape index (κ3) is 3.97. The van der Waals surface area contributed by atoms with Crippen molar-refractivity contribution in [3.63, 3.8) is 0 Å². The van der Waals surface area contributed by atoms with Crippen LogP contribution in [0.1, 0.15) is 36.0 Å². The van der Waals surface area contributed by atoms with Gasteiger partial charge in [0.25, 0.3) is 0 Å². The van der Waals surface area contributed by atoms with Gasteiger partial charge in [-0.15, -0.1) is 6.58 Å². The van der Waals surface area contributed by atoms with Crippen molar-refractivity contribution >= 4 is 23.0 Å². The predicted molar refractivity (Wildman–Crippen MR) is 170 cm³/mol. The second-order valence-corrected chi connectivity index (χ2v) is 11.2. The molecule has 0 N–H and O–H groups in total. The number of hydrogen-bond donors (Lipinski definition) is 0. The van der Waals surface area contributed by atoms with Gasteiger partial charge in [0.15, 0.2) is 11.6 Å². The predicted octanol–water partition coefficient (Wildman–Crippen LogP) is 9.35. The molecule has 202 valence electrons. The Balaban J connectivity index is 1.56. The topological polar surface area (TPSA) is 32.3 Å². The zero-order chi connectivity index (χ0) is 28.1. The average molecular weight is 535 g/mol. The van der Waals surface area contributed by atoms with E-state index >= 15 is 0 Å². The zero-order valence-corrected chi connectivity index (χ0v) is 23.8. The number of aryl methyl sites for hydroxylation is 2. The van der Waals surface area contributed by atoms with E-state index in [1.165, 1.54) is 22.4 Å². The van der Waals surface area contributed by atoms with Crippen LogP contribution in [0.2, 0.25) is 0 Å². The Kier molecular flexibility index (Phi) is 6.19. The van der Waals surface area contributed by atoms with E-state index in [0.717, 1.165) is 46.3 Å². The van der Waals surface area contributed by atoms with Crippen LogP contribution in [0, 0.1) is 19.8 Å². The van der Waals surface area contributed by atoms with Crippen molar-refractivity contribution in [1.82, 2.24) is 9.97 Å². The van der Waals surface area contributed by atoms with E-state index in [1.54, 1.807) is 0 Å². The molecule has 4 heteroatoms. The molecule has 1 aromatic heterocycles. The molecule has 2 aliphatic heterocycles. The second kappa shape index (κ2) is 10.0. The summed E-state index contributed by atoms with van der Waals surface area (Å²) in [4.78, 5) is 16.0. The van der Waals surface area contributed by atoms with Crippen LogP contribution in [-0.2, 0) is 0 Å². The van der Waals surface area contributed by atoms with E-state index < -0.39 is 0 Å². The van der Waals surface area contributed by atoms with Gasteiger partial charge in [0.1, 0.15) is 6.17 Å². The molecule has 0 spiro atoms. The maximum absolute atomic E-state index is 5.57. The number of anilines is 4. The average Bonchev–Trinajstić information content (AvgIpc) is 3.34. The highest BCUT2D eigenvalue weighted by molar-refractivity contribution is 5.91. The standard InChI is InChI=1S/C37H34N4/c1-5-15-30-26(4)37-40(27-18-7-6-8-19-27)35-36(41(37)32-23-14-13-22-31(30)32)39-34(29-21-12-10-17-25(29)3)33(38-35)28-20-11-9-16-24(28)2/h5-14,16-23,26,30,37H,1,15H2,2-4H3. The molecule has 0 bridgehead atoms. The lowest BCUT2D eigenvalue weighted by Crippen LogP contribution is -2.48. The molecule has 3 atom stereocenters. The molecule has 3 heterocycles. The van der Waals surface area contributed by atoms with Gasteiger partial charge in [0.05, 0.1) is 11.4 Å². The molecule has 0 aliphatic carbocycles. The first kappa shape index (κ1) is 25.3. The largest absolute Gasteiger partial charge is 0.302 e. The fourth-order valence-corrected chi connectivity index (χ4v) is 6.78. The molecule has 0 radical (unpaired) electrons. The van der Waals surface area contributed by atoms with Crippen molar-refractivity contribution in [3.05, 3.63) is 132 Å². The van der Waals surface area contributed by atoms with E-state index in [9.17, 15) is 0 Å². The molecule has 4 nitrogen and oxygen atoms in total. The molecule has 7 rings (SSSR count). The first-order valence-corrected chi connectivity index (χ1v) is 14.5. The summed E-state index contributed by atoms with van der Waals surface area (Å²) in [6.07, 6.45) is 3.01. The number of benzene rings is 4. The molecule has 3 unspecified atom stereocenters. The van der Waals surface area contributed by atoms with Gasteiger partial charge in [-0.25, -0.2) is 9.97 Å². The number of para-hydroxylation sites is 2. The maximum Gasteiger partial charge on any atom is 0.179 e. The van der Waals surface area contributed by atoms with Crippen LogP contribution in [0.5, 0.6) is 0 Å². The quantitative estimate of drug-likeness (QED) is 0.210. The van der Waals surface area contributed by atoms with E-state index in [0.29, 0.717) is 11.8 Å². The molecule has 4 aromatic carbocycles. The first-order valence-electron chi connectivity index (χ1n) is 14.5. The van der Waals surface area contributed by atoms with Crippen molar-refractivity contribution in [2.75, 3.05) is 9.80 Å². The highest BCUT2D eigenvalue weighted by atomic mass is 15.5. The van der Waals surface area contributed by atoms with E-state index in [1.807, 2.05) is 0 Å². The smallest absolute Gasteiger partial charge is 0.179 e. The molecule has 5 aromatic rings. The summed E-state index contributed by atoms with van der Waals surface area (Å²) in [6, 6.07) is 36.5. The van der Waals surface area contributed by atoms with Crippen LogP contribution in [0.3, 0.4) is 0 Å². The van der Waals surface area contributed by atoms with Crippen LogP contribution in [0.25, 0.3) is 22.5 Å². The zero-order valence-electron chi connectivity index (χ0n) is 23.8. The van der Waals surface area contributed by atoms with Crippen LogP contribution in [0.15, 0.2) is 116 Å². The fraction of sp³-hybridized carbons (Fsp3) is 0.189. The van der Waals surface area contributed by atoms with Gasteiger partial charge in [-0.3, -0.25) is 0 Å². The number of nitrogens with zero attached hydrogens (tertiary/aromatic N) is 4. The van der Waals surface area contributed by atoms with Crippen molar-refractivity contribution in [1.29, 1.82) is 0 Å². The lowest BCUT2D eigenvalue weighted by molar-refractivity contribution is 0.368. The van der Waals surface area contributed by atoms with Crippen LogP contribution >= 0.6 is 0 Å². The molecule has 2 aliphatic rings. The Bertz CT molecular complexity index is 1760. The van der Waals surface area contributed by atoms with Crippen LogP contribution in [-0.4, -0.2) is 16.1 Å². The molecule has 0 saturated carbocycles.